The van der Waals surface area contributed by atoms with E-state index in [0.717, 1.165) is 18.5 Å². The van der Waals surface area contributed by atoms with Gasteiger partial charge in [-0.1, -0.05) is 36.4 Å². The van der Waals surface area contributed by atoms with Crippen molar-refractivity contribution in [1.82, 2.24) is 5.43 Å². The van der Waals surface area contributed by atoms with Crippen LogP contribution in [0.3, 0.4) is 0 Å². The second-order valence-corrected chi connectivity index (χ2v) is 5.10. The zero-order valence-electron chi connectivity index (χ0n) is 12.1. The minimum absolute atomic E-state index is 0. The van der Waals surface area contributed by atoms with Crippen LogP contribution in [0.4, 0.5) is 11.4 Å². The van der Waals surface area contributed by atoms with Crippen molar-refractivity contribution in [2.45, 2.75) is 19.3 Å². The Kier molecular flexibility index (Phi) is 5.61. The Balaban J connectivity index is 0.00000161. The molecule has 21 heavy (non-hydrogen) atoms. The van der Waals surface area contributed by atoms with E-state index in [2.05, 4.69) is 58.9 Å². The quantitative estimate of drug-likeness (QED) is 0.437. The summed E-state index contributed by atoms with van der Waals surface area (Å²) in [7, 11) is 2.12. The van der Waals surface area contributed by atoms with E-state index in [4.69, 9.17) is 0 Å². The van der Waals surface area contributed by atoms with Gasteiger partial charge in [-0.25, -0.2) is 10.0 Å². The van der Waals surface area contributed by atoms with E-state index >= 15 is 0 Å². The lowest BCUT2D eigenvalue weighted by molar-refractivity contribution is -0.408. The number of para-hydroxylation sites is 2. The molecule has 110 valence electrons. The molecule has 0 amide bonds. The van der Waals surface area contributed by atoms with Gasteiger partial charge in [0.05, 0.1) is 19.2 Å². The van der Waals surface area contributed by atoms with Gasteiger partial charge in [-0.2, -0.15) is 5.43 Å². The number of amidine groups is 1. The van der Waals surface area contributed by atoms with Gasteiger partial charge in [-0.3, -0.25) is 0 Å². The van der Waals surface area contributed by atoms with Crippen LogP contribution in [-0.2, 0) is 6.42 Å². The summed E-state index contributed by atoms with van der Waals surface area (Å²) in [5.41, 5.74) is 10.4. The predicted octanol–water partition coefficient (Wildman–Crippen LogP) is 0.316. The third-order valence-electron chi connectivity index (χ3n) is 3.74. The molecular formula is C17H20IN3. The van der Waals surface area contributed by atoms with Crippen LogP contribution >= 0.6 is 0 Å². The summed E-state index contributed by atoms with van der Waals surface area (Å²) in [6, 6.07) is 18.8. The van der Waals surface area contributed by atoms with Crippen molar-refractivity contribution in [3.63, 3.8) is 0 Å². The van der Waals surface area contributed by atoms with Gasteiger partial charge in [0.15, 0.2) is 0 Å². The molecule has 2 aromatic carbocycles. The van der Waals surface area contributed by atoms with Gasteiger partial charge in [0.25, 0.3) is 5.84 Å². The van der Waals surface area contributed by atoms with E-state index in [1.165, 1.54) is 23.5 Å². The highest BCUT2D eigenvalue weighted by atomic mass is 127. The van der Waals surface area contributed by atoms with E-state index in [1.807, 2.05) is 18.2 Å². The molecule has 0 radical (unpaired) electrons. The van der Waals surface area contributed by atoms with Crippen molar-refractivity contribution in [3.8, 4) is 0 Å². The average molecular weight is 393 g/mol. The van der Waals surface area contributed by atoms with Gasteiger partial charge < -0.3 is 24.0 Å². The third-order valence-corrected chi connectivity index (χ3v) is 3.74. The predicted molar refractivity (Wildman–Crippen MR) is 83.4 cm³/mol. The number of halogens is 1. The van der Waals surface area contributed by atoms with Crippen LogP contribution in [0.25, 0.3) is 0 Å². The molecule has 0 aliphatic carbocycles. The first-order chi connectivity index (χ1) is 9.84. The molecule has 1 aliphatic rings. The summed E-state index contributed by atoms with van der Waals surface area (Å²) < 4.78 is 2.25. The molecule has 0 aromatic heterocycles. The first-order valence-corrected chi connectivity index (χ1v) is 7.09. The second-order valence-electron chi connectivity index (χ2n) is 5.10. The number of hydrazine groups is 1. The molecule has 3 nitrogen and oxygen atoms in total. The number of nitrogens with zero attached hydrogens (tertiary/aromatic N) is 1. The Morgan fingerprint density at radius 1 is 0.857 bits per heavy atom. The molecule has 4 heteroatoms. The molecule has 0 spiro atoms. The summed E-state index contributed by atoms with van der Waals surface area (Å²) in [6.45, 7) is 0. The summed E-state index contributed by atoms with van der Waals surface area (Å²) in [5, 5.41) is 0. The number of aryl methyl sites for hydroxylation is 1. The topological polar surface area (TPSA) is 27.1 Å². The monoisotopic (exact) mass is 393 g/mol. The maximum Gasteiger partial charge on any atom is 0.272 e. The number of hydrogen-bond donors (Lipinski definition) is 2. The highest BCUT2D eigenvalue weighted by Gasteiger charge is 2.18. The highest BCUT2D eigenvalue weighted by molar-refractivity contribution is 5.80. The van der Waals surface area contributed by atoms with Gasteiger partial charge >= 0.3 is 0 Å². The number of rotatable bonds is 2. The minimum atomic E-state index is 0. The fourth-order valence-electron chi connectivity index (χ4n) is 2.62. The Labute approximate surface area is 143 Å². The van der Waals surface area contributed by atoms with Crippen LogP contribution in [0, 0.1) is 0 Å². The summed E-state index contributed by atoms with van der Waals surface area (Å²) >= 11 is 0. The lowest BCUT2D eigenvalue weighted by Gasteiger charge is -2.09. The minimum Gasteiger partial charge on any atom is -1.00 e. The summed E-state index contributed by atoms with van der Waals surface area (Å²) in [6.07, 6.45) is 3.35. The smallest absolute Gasteiger partial charge is 0.272 e. The number of fused-ring (bicyclic) bond motifs is 1. The molecule has 0 saturated heterocycles. The van der Waals surface area contributed by atoms with Crippen LogP contribution < -0.4 is 34.8 Å². The zero-order valence-corrected chi connectivity index (χ0v) is 14.3. The number of anilines is 1. The van der Waals surface area contributed by atoms with Crippen LogP contribution in [0.5, 0.6) is 0 Å². The summed E-state index contributed by atoms with van der Waals surface area (Å²) in [5.74, 6) is 1.21. The van der Waals surface area contributed by atoms with E-state index in [-0.39, 0.29) is 24.0 Å². The van der Waals surface area contributed by atoms with Crippen LogP contribution in [-0.4, -0.2) is 17.5 Å². The van der Waals surface area contributed by atoms with E-state index in [1.54, 1.807) is 0 Å². The molecule has 0 bridgehead atoms. The zero-order chi connectivity index (χ0) is 13.8. The van der Waals surface area contributed by atoms with Crippen LogP contribution in [0.15, 0.2) is 54.6 Å². The highest BCUT2D eigenvalue weighted by Crippen LogP contribution is 2.23. The van der Waals surface area contributed by atoms with Gasteiger partial charge in [0.1, 0.15) is 5.69 Å². The largest absolute Gasteiger partial charge is 1.00 e. The average Bonchev–Trinajstić information content (AvgIpc) is 2.66. The fraction of sp³-hybridized carbons (Fsp3) is 0.235. The molecule has 0 fully saturated rings. The molecule has 1 aliphatic heterocycles. The number of hydrogen-bond acceptors (Lipinski definition) is 2. The Morgan fingerprint density at radius 3 is 2.38 bits per heavy atom. The Hall–Kier alpha value is -1.56. The van der Waals surface area contributed by atoms with Crippen molar-refractivity contribution < 1.29 is 28.6 Å². The Morgan fingerprint density at radius 2 is 1.57 bits per heavy atom. The Bertz CT molecular complexity index is 623. The van der Waals surface area contributed by atoms with Gasteiger partial charge in [-0.15, -0.1) is 0 Å². The molecule has 2 N–H and O–H groups in total. The van der Waals surface area contributed by atoms with Crippen molar-refractivity contribution >= 4 is 17.2 Å². The first-order valence-electron chi connectivity index (χ1n) is 7.09. The fourth-order valence-corrected chi connectivity index (χ4v) is 2.62. The normalized spacial score (nSPS) is 13.8. The van der Waals surface area contributed by atoms with E-state index < -0.39 is 0 Å². The van der Waals surface area contributed by atoms with E-state index in [0.29, 0.717) is 0 Å². The SMILES string of the molecule is C[N+]1=C(NNc2ccccc2)CCCc2ccccc21.[I-]. The van der Waals surface area contributed by atoms with Crippen molar-refractivity contribution in [2.75, 3.05) is 12.5 Å². The molecule has 0 unspecified atom stereocenters. The second kappa shape index (κ2) is 7.45. The summed E-state index contributed by atoms with van der Waals surface area (Å²) in [4.78, 5) is 0. The number of nitrogens with one attached hydrogen (secondary N) is 2. The lowest BCUT2D eigenvalue weighted by Crippen LogP contribution is -3.00. The van der Waals surface area contributed by atoms with Crippen LogP contribution in [0.2, 0.25) is 0 Å². The van der Waals surface area contributed by atoms with Crippen molar-refractivity contribution in [1.29, 1.82) is 0 Å². The first kappa shape index (κ1) is 15.8. The van der Waals surface area contributed by atoms with Crippen molar-refractivity contribution in [3.05, 3.63) is 60.2 Å². The molecular weight excluding hydrogens is 373 g/mol. The molecule has 2 aromatic rings. The lowest BCUT2D eigenvalue weighted by atomic mass is 10.1. The molecule has 3 rings (SSSR count). The van der Waals surface area contributed by atoms with Gasteiger partial charge in [0.2, 0.25) is 0 Å². The van der Waals surface area contributed by atoms with E-state index in [9.17, 15) is 0 Å². The van der Waals surface area contributed by atoms with Gasteiger partial charge in [0, 0.05) is 0 Å². The van der Waals surface area contributed by atoms with Crippen molar-refractivity contribution in [2.24, 2.45) is 0 Å². The third kappa shape index (κ3) is 3.75. The maximum absolute atomic E-state index is 3.36. The molecule has 1 heterocycles. The molecule has 0 saturated carbocycles. The maximum atomic E-state index is 3.36. The molecule has 0 atom stereocenters. The van der Waals surface area contributed by atoms with Gasteiger partial charge in [-0.05, 0) is 36.6 Å². The standard InChI is InChI=1S/C17H19N3.HI/c1-20-16-12-6-5-8-14(16)9-7-13-17(20)19-18-15-10-3-2-4-11-15;/h2-6,8,10-12,18H,7,9,13H2,1H3;1H. The van der Waals surface area contributed by atoms with Crippen LogP contribution in [0.1, 0.15) is 18.4 Å². The number of benzene rings is 2.